The van der Waals surface area contributed by atoms with Crippen LogP contribution in [0.1, 0.15) is 25.3 Å². The third-order valence-corrected chi connectivity index (χ3v) is 3.97. The van der Waals surface area contributed by atoms with Crippen molar-refractivity contribution in [2.45, 2.75) is 32.4 Å². The molecule has 1 fully saturated rings. The molecule has 1 aliphatic heterocycles. The van der Waals surface area contributed by atoms with Crippen LogP contribution in [0.3, 0.4) is 0 Å². The smallest absolute Gasteiger partial charge is 0.240 e. The van der Waals surface area contributed by atoms with Gasteiger partial charge in [0.05, 0.1) is 6.04 Å². The van der Waals surface area contributed by atoms with Gasteiger partial charge in [0, 0.05) is 26.3 Å². The van der Waals surface area contributed by atoms with E-state index in [1.165, 1.54) is 0 Å². The average Bonchev–Trinajstić information content (AvgIpc) is 2.53. The second-order valence-corrected chi connectivity index (χ2v) is 5.31. The van der Waals surface area contributed by atoms with Gasteiger partial charge in [-0.15, -0.1) is 0 Å². The van der Waals surface area contributed by atoms with E-state index in [2.05, 4.69) is 0 Å². The molecule has 110 valence electrons. The first-order valence-corrected chi connectivity index (χ1v) is 7.38. The van der Waals surface area contributed by atoms with E-state index in [0.717, 1.165) is 31.6 Å². The third-order valence-electron chi connectivity index (χ3n) is 3.97. The van der Waals surface area contributed by atoms with Crippen LogP contribution < -0.4 is 5.73 Å². The summed E-state index contributed by atoms with van der Waals surface area (Å²) in [6.45, 7) is 4.75. The number of likely N-dealkylation sites (N-methyl/N-ethyl adjacent to an activating group) is 1. The summed E-state index contributed by atoms with van der Waals surface area (Å²) in [5.41, 5.74) is 7.32. The summed E-state index contributed by atoms with van der Waals surface area (Å²) in [6, 6.07) is 9.64. The predicted octanol–water partition coefficient (Wildman–Crippen LogP) is 1.79. The first-order valence-electron chi connectivity index (χ1n) is 7.38. The first kappa shape index (κ1) is 15.0. The number of carbonyl (C=O) groups excluding carboxylic acids is 1. The third kappa shape index (κ3) is 3.81. The van der Waals surface area contributed by atoms with Gasteiger partial charge < -0.3 is 15.4 Å². The van der Waals surface area contributed by atoms with Crippen molar-refractivity contribution in [3.63, 3.8) is 0 Å². The number of hydrogen-bond acceptors (Lipinski definition) is 3. The fourth-order valence-electron chi connectivity index (χ4n) is 2.64. The molecule has 1 amide bonds. The number of benzene rings is 1. The number of ether oxygens (including phenoxy) is 1. The summed E-state index contributed by atoms with van der Waals surface area (Å²) in [5.74, 6) is 0.310. The van der Waals surface area contributed by atoms with Crippen molar-refractivity contribution in [3.05, 3.63) is 35.9 Å². The van der Waals surface area contributed by atoms with Gasteiger partial charge in [0.15, 0.2) is 0 Å². The van der Waals surface area contributed by atoms with Crippen LogP contribution in [-0.4, -0.2) is 36.6 Å². The molecule has 1 heterocycles. The number of nitrogens with zero attached hydrogens (tertiary/aromatic N) is 1. The minimum Gasteiger partial charge on any atom is -0.381 e. The predicted molar refractivity (Wildman–Crippen MR) is 79.1 cm³/mol. The number of nitrogens with two attached hydrogens (primary N) is 1. The van der Waals surface area contributed by atoms with Crippen LogP contribution in [-0.2, 0) is 16.1 Å². The van der Waals surface area contributed by atoms with E-state index < -0.39 is 6.04 Å². The van der Waals surface area contributed by atoms with E-state index in [1.807, 2.05) is 42.2 Å². The molecule has 2 N–H and O–H groups in total. The van der Waals surface area contributed by atoms with E-state index in [9.17, 15) is 4.79 Å². The van der Waals surface area contributed by atoms with Gasteiger partial charge in [-0.05, 0) is 31.2 Å². The summed E-state index contributed by atoms with van der Waals surface area (Å²) in [5, 5.41) is 0. The van der Waals surface area contributed by atoms with Crippen molar-refractivity contribution in [1.29, 1.82) is 0 Å². The van der Waals surface area contributed by atoms with Crippen molar-refractivity contribution < 1.29 is 9.53 Å². The van der Waals surface area contributed by atoms with Gasteiger partial charge in [-0.3, -0.25) is 4.79 Å². The highest BCUT2D eigenvalue weighted by atomic mass is 16.5. The SMILES string of the molecule is CCN(Cc1ccccc1)C(=O)C(N)C1CCOCC1. The second kappa shape index (κ2) is 7.41. The number of hydrogen-bond donors (Lipinski definition) is 1. The van der Waals surface area contributed by atoms with E-state index in [0.29, 0.717) is 13.1 Å². The zero-order chi connectivity index (χ0) is 14.4. The highest BCUT2D eigenvalue weighted by Crippen LogP contribution is 2.19. The quantitative estimate of drug-likeness (QED) is 0.892. The summed E-state index contributed by atoms with van der Waals surface area (Å²) in [6.07, 6.45) is 1.77. The molecule has 0 bridgehead atoms. The molecular weight excluding hydrogens is 252 g/mol. The monoisotopic (exact) mass is 276 g/mol. The Morgan fingerprint density at radius 2 is 2.00 bits per heavy atom. The van der Waals surface area contributed by atoms with Crippen molar-refractivity contribution in [1.82, 2.24) is 4.90 Å². The topological polar surface area (TPSA) is 55.6 Å². The van der Waals surface area contributed by atoms with Crippen molar-refractivity contribution in [2.24, 2.45) is 11.7 Å². The molecule has 1 aromatic rings. The van der Waals surface area contributed by atoms with Crippen LogP contribution in [0.2, 0.25) is 0 Å². The van der Waals surface area contributed by atoms with Gasteiger partial charge in [-0.1, -0.05) is 30.3 Å². The minimum atomic E-state index is -0.400. The Balaban J connectivity index is 1.97. The van der Waals surface area contributed by atoms with Crippen LogP contribution >= 0.6 is 0 Å². The lowest BCUT2D eigenvalue weighted by Gasteiger charge is -2.31. The molecule has 0 aliphatic carbocycles. The van der Waals surface area contributed by atoms with Gasteiger partial charge in [0.25, 0.3) is 0 Å². The molecule has 0 saturated carbocycles. The minimum absolute atomic E-state index is 0.0586. The van der Waals surface area contributed by atoms with Crippen LogP contribution in [0.25, 0.3) is 0 Å². The van der Waals surface area contributed by atoms with Crippen molar-refractivity contribution in [3.8, 4) is 0 Å². The number of rotatable bonds is 5. The Morgan fingerprint density at radius 3 is 2.60 bits per heavy atom. The molecule has 1 atom stereocenters. The van der Waals surface area contributed by atoms with Crippen LogP contribution in [0, 0.1) is 5.92 Å². The normalized spacial score (nSPS) is 17.7. The Bertz CT molecular complexity index is 416. The van der Waals surface area contributed by atoms with E-state index in [4.69, 9.17) is 10.5 Å². The summed E-state index contributed by atoms with van der Waals surface area (Å²) >= 11 is 0. The van der Waals surface area contributed by atoms with Gasteiger partial charge in [-0.25, -0.2) is 0 Å². The van der Waals surface area contributed by atoms with Crippen molar-refractivity contribution >= 4 is 5.91 Å². The summed E-state index contributed by atoms with van der Waals surface area (Å²) in [7, 11) is 0. The maximum atomic E-state index is 12.5. The van der Waals surface area contributed by atoms with E-state index in [-0.39, 0.29) is 11.8 Å². The molecule has 1 aliphatic rings. The van der Waals surface area contributed by atoms with Crippen LogP contribution in [0.15, 0.2) is 30.3 Å². The molecule has 1 saturated heterocycles. The van der Waals surface area contributed by atoms with Crippen molar-refractivity contribution in [2.75, 3.05) is 19.8 Å². The first-order chi connectivity index (χ1) is 9.72. The Labute approximate surface area is 120 Å². The van der Waals surface area contributed by atoms with Gasteiger partial charge in [0.2, 0.25) is 5.91 Å². The molecule has 4 nitrogen and oxygen atoms in total. The molecule has 20 heavy (non-hydrogen) atoms. The average molecular weight is 276 g/mol. The number of amides is 1. The zero-order valence-electron chi connectivity index (χ0n) is 12.1. The number of carbonyl (C=O) groups is 1. The highest BCUT2D eigenvalue weighted by molar-refractivity contribution is 5.82. The lowest BCUT2D eigenvalue weighted by atomic mass is 9.91. The Hall–Kier alpha value is -1.39. The molecule has 1 unspecified atom stereocenters. The maximum absolute atomic E-state index is 12.5. The Morgan fingerprint density at radius 1 is 1.35 bits per heavy atom. The van der Waals surface area contributed by atoms with Gasteiger partial charge in [0.1, 0.15) is 0 Å². The fourth-order valence-corrected chi connectivity index (χ4v) is 2.64. The molecular formula is C16H24N2O2. The highest BCUT2D eigenvalue weighted by Gasteiger charge is 2.29. The summed E-state index contributed by atoms with van der Waals surface area (Å²) in [4.78, 5) is 14.4. The molecule has 0 aromatic heterocycles. The zero-order valence-corrected chi connectivity index (χ0v) is 12.1. The van der Waals surface area contributed by atoms with Crippen LogP contribution in [0.5, 0.6) is 0 Å². The van der Waals surface area contributed by atoms with E-state index in [1.54, 1.807) is 0 Å². The van der Waals surface area contributed by atoms with Crippen LogP contribution in [0.4, 0.5) is 0 Å². The lowest BCUT2D eigenvalue weighted by molar-refractivity contribution is -0.135. The molecule has 0 radical (unpaired) electrons. The lowest BCUT2D eigenvalue weighted by Crippen LogP contribution is -2.48. The van der Waals surface area contributed by atoms with E-state index >= 15 is 0 Å². The second-order valence-electron chi connectivity index (χ2n) is 5.31. The molecule has 0 spiro atoms. The van der Waals surface area contributed by atoms with Gasteiger partial charge in [-0.2, -0.15) is 0 Å². The molecule has 2 rings (SSSR count). The Kier molecular flexibility index (Phi) is 5.56. The maximum Gasteiger partial charge on any atom is 0.240 e. The molecule has 4 heteroatoms. The fraction of sp³-hybridized carbons (Fsp3) is 0.562. The summed E-state index contributed by atoms with van der Waals surface area (Å²) < 4.78 is 5.33. The standard InChI is InChI=1S/C16H24N2O2/c1-2-18(12-13-6-4-3-5-7-13)16(19)15(17)14-8-10-20-11-9-14/h3-7,14-15H,2,8-12,17H2,1H3. The van der Waals surface area contributed by atoms with Gasteiger partial charge >= 0.3 is 0 Å². The molecule has 1 aromatic carbocycles. The largest absolute Gasteiger partial charge is 0.381 e.